The maximum absolute atomic E-state index is 12.4. The van der Waals surface area contributed by atoms with Crippen LogP contribution in [0.15, 0.2) is 36.9 Å². The number of urea groups is 1. The lowest BCUT2D eigenvalue weighted by molar-refractivity contribution is -0.117. The Morgan fingerprint density at radius 3 is 2.82 bits per heavy atom. The lowest BCUT2D eigenvalue weighted by Gasteiger charge is -2.19. The van der Waals surface area contributed by atoms with Crippen LogP contribution < -0.4 is 25.0 Å². The van der Waals surface area contributed by atoms with Gasteiger partial charge in [0.1, 0.15) is 0 Å². The molecule has 2 N–H and O–H groups in total. The SMILES string of the molecule is COc1ccc(N2CC(NC(=O)NCCCn3ccnc3)CC2=O)cc1OC. The Morgan fingerprint density at radius 1 is 1.29 bits per heavy atom. The first-order valence-electron chi connectivity index (χ1n) is 9.13. The number of anilines is 1. The third kappa shape index (κ3) is 4.73. The van der Waals surface area contributed by atoms with Crippen LogP contribution in [-0.2, 0) is 11.3 Å². The van der Waals surface area contributed by atoms with Crippen molar-refractivity contribution in [1.29, 1.82) is 0 Å². The fourth-order valence-corrected chi connectivity index (χ4v) is 3.17. The van der Waals surface area contributed by atoms with Crippen LogP contribution in [0.25, 0.3) is 0 Å². The van der Waals surface area contributed by atoms with Crippen molar-refractivity contribution in [3.8, 4) is 11.5 Å². The van der Waals surface area contributed by atoms with E-state index in [1.54, 1.807) is 49.8 Å². The van der Waals surface area contributed by atoms with Crippen molar-refractivity contribution in [3.05, 3.63) is 36.9 Å². The van der Waals surface area contributed by atoms with Gasteiger partial charge in [-0.25, -0.2) is 9.78 Å². The molecule has 1 atom stereocenters. The van der Waals surface area contributed by atoms with Gasteiger partial charge in [-0.05, 0) is 18.6 Å². The van der Waals surface area contributed by atoms with E-state index in [9.17, 15) is 9.59 Å². The average Bonchev–Trinajstić information content (AvgIpc) is 3.34. The molecule has 2 aromatic rings. The number of rotatable bonds is 8. The molecule has 1 unspecified atom stereocenters. The molecule has 0 aliphatic carbocycles. The number of methoxy groups -OCH3 is 2. The molecular formula is C19H25N5O4. The number of aromatic nitrogens is 2. The molecule has 28 heavy (non-hydrogen) atoms. The van der Waals surface area contributed by atoms with Crippen LogP contribution in [0.1, 0.15) is 12.8 Å². The highest BCUT2D eigenvalue weighted by atomic mass is 16.5. The molecule has 1 saturated heterocycles. The van der Waals surface area contributed by atoms with E-state index in [4.69, 9.17) is 9.47 Å². The van der Waals surface area contributed by atoms with Crippen LogP contribution in [0.3, 0.4) is 0 Å². The van der Waals surface area contributed by atoms with Crippen molar-refractivity contribution >= 4 is 17.6 Å². The molecule has 9 nitrogen and oxygen atoms in total. The standard InChI is InChI=1S/C19H25N5O4/c1-27-16-5-4-15(11-17(16)28-2)24-12-14(10-18(24)25)22-19(26)21-6-3-8-23-9-7-20-13-23/h4-5,7,9,11,13-14H,3,6,8,10,12H2,1-2H3,(H2,21,22,26). The molecule has 9 heteroatoms. The van der Waals surface area contributed by atoms with Crippen molar-refractivity contribution in [1.82, 2.24) is 20.2 Å². The Hall–Kier alpha value is -3.23. The molecule has 1 fully saturated rings. The maximum Gasteiger partial charge on any atom is 0.315 e. The van der Waals surface area contributed by atoms with E-state index in [0.717, 1.165) is 13.0 Å². The van der Waals surface area contributed by atoms with Gasteiger partial charge >= 0.3 is 6.03 Å². The number of carbonyl (C=O) groups is 2. The molecule has 0 bridgehead atoms. The summed E-state index contributed by atoms with van der Waals surface area (Å²) in [5.74, 6) is 1.11. The van der Waals surface area contributed by atoms with Gasteiger partial charge in [0.05, 0.1) is 26.6 Å². The third-order valence-electron chi connectivity index (χ3n) is 4.58. The van der Waals surface area contributed by atoms with Gasteiger partial charge in [0.25, 0.3) is 0 Å². The monoisotopic (exact) mass is 387 g/mol. The average molecular weight is 387 g/mol. The first-order valence-corrected chi connectivity index (χ1v) is 9.13. The van der Waals surface area contributed by atoms with Crippen molar-refractivity contribution in [2.45, 2.75) is 25.4 Å². The normalized spacial score (nSPS) is 16.1. The number of ether oxygens (including phenoxy) is 2. The summed E-state index contributed by atoms with van der Waals surface area (Å²) in [6, 6.07) is 4.81. The first kappa shape index (κ1) is 19.5. The summed E-state index contributed by atoms with van der Waals surface area (Å²) in [6.45, 7) is 1.75. The second kappa shape index (κ2) is 9.12. The molecule has 0 spiro atoms. The van der Waals surface area contributed by atoms with Gasteiger partial charge in [-0.3, -0.25) is 4.79 Å². The summed E-state index contributed by atoms with van der Waals surface area (Å²) in [4.78, 5) is 30.1. The largest absolute Gasteiger partial charge is 0.493 e. The zero-order valence-corrected chi connectivity index (χ0v) is 16.1. The Bertz CT molecular complexity index is 809. The lowest BCUT2D eigenvalue weighted by atomic mass is 10.2. The summed E-state index contributed by atoms with van der Waals surface area (Å²) in [6.07, 6.45) is 6.41. The molecule has 1 aromatic carbocycles. The lowest BCUT2D eigenvalue weighted by Crippen LogP contribution is -2.43. The molecule has 1 aliphatic heterocycles. The number of aryl methyl sites for hydroxylation is 1. The second-order valence-corrected chi connectivity index (χ2v) is 6.50. The predicted molar refractivity (Wildman–Crippen MR) is 104 cm³/mol. The maximum atomic E-state index is 12.4. The number of nitrogens with zero attached hydrogens (tertiary/aromatic N) is 3. The first-order chi connectivity index (χ1) is 13.6. The Balaban J connectivity index is 1.48. The quantitative estimate of drug-likeness (QED) is 0.667. The summed E-state index contributed by atoms with van der Waals surface area (Å²) in [5, 5.41) is 5.69. The summed E-state index contributed by atoms with van der Waals surface area (Å²) in [7, 11) is 3.11. The predicted octanol–water partition coefficient (Wildman–Crippen LogP) is 1.40. The Morgan fingerprint density at radius 2 is 2.11 bits per heavy atom. The molecule has 0 saturated carbocycles. The molecule has 0 radical (unpaired) electrons. The van der Waals surface area contributed by atoms with E-state index in [1.807, 2.05) is 10.8 Å². The third-order valence-corrected chi connectivity index (χ3v) is 4.58. The smallest absolute Gasteiger partial charge is 0.315 e. The van der Waals surface area contributed by atoms with Crippen LogP contribution >= 0.6 is 0 Å². The van der Waals surface area contributed by atoms with E-state index < -0.39 is 0 Å². The highest BCUT2D eigenvalue weighted by Crippen LogP contribution is 2.33. The van der Waals surface area contributed by atoms with Gasteiger partial charge in [0, 0.05) is 50.2 Å². The van der Waals surface area contributed by atoms with Crippen LogP contribution in [-0.4, -0.2) is 54.8 Å². The van der Waals surface area contributed by atoms with Gasteiger partial charge < -0.3 is 29.6 Å². The van der Waals surface area contributed by atoms with Crippen LogP contribution in [0.5, 0.6) is 11.5 Å². The second-order valence-electron chi connectivity index (χ2n) is 6.50. The van der Waals surface area contributed by atoms with E-state index in [-0.39, 0.29) is 24.4 Å². The molecular weight excluding hydrogens is 362 g/mol. The zero-order valence-electron chi connectivity index (χ0n) is 16.1. The van der Waals surface area contributed by atoms with Crippen molar-refractivity contribution in [2.75, 3.05) is 32.2 Å². The van der Waals surface area contributed by atoms with E-state index in [2.05, 4.69) is 15.6 Å². The van der Waals surface area contributed by atoms with Crippen LogP contribution in [0.4, 0.5) is 10.5 Å². The number of amides is 3. The Kier molecular flexibility index (Phi) is 6.36. The highest BCUT2D eigenvalue weighted by molar-refractivity contribution is 5.97. The molecule has 1 aliphatic rings. The molecule has 150 valence electrons. The van der Waals surface area contributed by atoms with Crippen molar-refractivity contribution in [3.63, 3.8) is 0 Å². The summed E-state index contributed by atoms with van der Waals surface area (Å²) >= 11 is 0. The van der Waals surface area contributed by atoms with Crippen molar-refractivity contribution in [2.24, 2.45) is 0 Å². The summed E-state index contributed by atoms with van der Waals surface area (Å²) in [5.41, 5.74) is 0.715. The van der Waals surface area contributed by atoms with Crippen LogP contribution in [0, 0.1) is 0 Å². The van der Waals surface area contributed by atoms with E-state index >= 15 is 0 Å². The van der Waals surface area contributed by atoms with Gasteiger partial charge in [0.15, 0.2) is 11.5 Å². The number of nitrogens with one attached hydrogen (secondary N) is 2. The zero-order chi connectivity index (χ0) is 19.9. The van der Waals surface area contributed by atoms with E-state index in [1.165, 1.54) is 0 Å². The van der Waals surface area contributed by atoms with Gasteiger partial charge in [0.2, 0.25) is 5.91 Å². The number of imidazole rings is 1. The topological polar surface area (TPSA) is 97.7 Å². The summed E-state index contributed by atoms with van der Waals surface area (Å²) < 4.78 is 12.5. The van der Waals surface area contributed by atoms with Gasteiger partial charge in [-0.1, -0.05) is 0 Å². The van der Waals surface area contributed by atoms with Gasteiger partial charge in [-0.2, -0.15) is 0 Å². The minimum absolute atomic E-state index is 0.0439. The molecule has 3 rings (SSSR count). The Labute approximate surface area is 163 Å². The number of carbonyl (C=O) groups excluding carboxylic acids is 2. The minimum atomic E-state index is -0.266. The molecule has 1 aromatic heterocycles. The van der Waals surface area contributed by atoms with Gasteiger partial charge in [-0.15, -0.1) is 0 Å². The van der Waals surface area contributed by atoms with Crippen molar-refractivity contribution < 1.29 is 19.1 Å². The fraction of sp³-hybridized carbons (Fsp3) is 0.421. The highest BCUT2D eigenvalue weighted by Gasteiger charge is 2.32. The number of hydrogen-bond donors (Lipinski definition) is 2. The molecule has 3 amide bonds. The van der Waals surface area contributed by atoms with Crippen LogP contribution in [0.2, 0.25) is 0 Å². The molecule has 2 heterocycles. The fourth-order valence-electron chi connectivity index (χ4n) is 3.17. The number of benzene rings is 1. The van der Waals surface area contributed by atoms with E-state index in [0.29, 0.717) is 30.3 Å². The number of hydrogen-bond acceptors (Lipinski definition) is 5. The minimum Gasteiger partial charge on any atom is -0.493 e.